The number of ether oxygens (including phenoxy) is 1. The SMILES string of the molecule is COc1ccc(Br)cc1S(=O)(=O)NCc1ccc(C[NH+](C)C)cc1. The molecule has 2 rings (SSSR count). The molecule has 0 radical (unpaired) electrons. The molecule has 0 aromatic heterocycles. The fourth-order valence-electron chi connectivity index (χ4n) is 2.30. The molecular weight excluding hydrogens is 392 g/mol. The molecule has 2 N–H and O–H groups in total. The van der Waals surface area contributed by atoms with E-state index in [4.69, 9.17) is 4.74 Å². The molecular formula is C17H22BrN2O3S+. The standard InChI is InChI=1S/C17H21BrN2O3S/c1-20(2)12-14-6-4-13(5-7-14)11-19-24(21,22)17-10-15(18)8-9-16(17)23-3/h4-10,19H,11-12H2,1-3H3/p+1. The third-order valence-electron chi connectivity index (χ3n) is 3.46. The Bertz CT molecular complexity index is 790. The smallest absolute Gasteiger partial charge is 0.244 e. The number of benzene rings is 2. The summed E-state index contributed by atoms with van der Waals surface area (Å²) < 4.78 is 33.5. The summed E-state index contributed by atoms with van der Waals surface area (Å²) in [6, 6.07) is 12.8. The zero-order valence-corrected chi connectivity index (χ0v) is 16.4. The van der Waals surface area contributed by atoms with Gasteiger partial charge in [0.25, 0.3) is 0 Å². The number of quaternary nitrogens is 1. The first kappa shape index (κ1) is 18.9. The molecule has 0 aliphatic rings. The van der Waals surface area contributed by atoms with Crippen LogP contribution in [-0.4, -0.2) is 29.6 Å². The Kier molecular flexibility index (Phi) is 6.40. The molecule has 0 amide bonds. The molecule has 0 saturated carbocycles. The van der Waals surface area contributed by atoms with Crippen molar-refractivity contribution in [1.29, 1.82) is 0 Å². The number of hydrogen-bond acceptors (Lipinski definition) is 3. The van der Waals surface area contributed by atoms with E-state index in [1.165, 1.54) is 23.6 Å². The maximum absolute atomic E-state index is 12.5. The summed E-state index contributed by atoms with van der Waals surface area (Å²) in [5.74, 6) is 0.315. The van der Waals surface area contributed by atoms with Crippen molar-refractivity contribution >= 4 is 26.0 Å². The first-order valence-corrected chi connectivity index (χ1v) is 9.79. The van der Waals surface area contributed by atoms with Crippen LogP contribution in [0.5, 0.6) is 5.75 Å². The first-order chi connectivity index (χ1) is 11.3. The minimum atomic E-state index is -3.66. The van der Waals surface area contributed by atoms with Crippen molar-refractivity contribution < 1.29 is 18.1 Å². The van der Waals surface area contributed by atoms with E-state index >= 15 is 0 Å². The normalized spacial score (nSPS) is 11.7. The maximum Gasteiger partial charge on any atom is 0.244 e. The summed E-state index contributed by atoms with van der Waals surface area (Å²) in [6.07, 6.45) is 0. The van der Waals surface area contributed by atoms with Gasteiger partial charge in [0.2, 0.25) is 10.0 Å². The van der Waals surface area contributed by atoms with Gasteiger partial charge in [-0.2, -0.15) is 0 Å². The van der Waals surface area contributed by atoms with Crippen LogP contribution in [0.4, 0.5) is 0 Å². The van der Waals surface area contributed by atoms with Crippen molar-refractivity contribution in [3.8, 4) is 5.75 Å². The largest absolute Gasteiger partial charge is 0.495 e. The predicted octanol–water partition coefficient (Wildman–Crippen LogP) is 1.58. The second kappa shape index (κ2) is 8.11. The van der Waals surface area contributed by atoms with Crippen molar-refractivity contribution in [3.05, 3.63) is 58.1 Å². The van der Waals surface area contributed by atoms with Gasteiger partial charge in [-0.3, -0.25) is 0 Å². The molecule has 0 spiro atoms. The van der Waals surface area contributed by atoms with Gasteiger partial charge in [0.1, 0.15) is 17.2 Å². The Morgan fingerprint density at radius 1 is 1.08 bits per heavy atom. The molecule has 24 heavy (non-hydrogen) atoms. The third kappa shape index (κ3) is 5.04. The van der Waals surface area contributed by atoms with E-state index in [0.29, 0.717) is 10.2 Å². The van der Waals surface area contributed by atoms with Crippen molar-refractivity contribution in [2.75, 3.05) is 21.2 Å². The molecule has 0 unspecified atom stereocenters. The molecule has 0 atom stereocenters. The molecule has 5 nitrogen and oxygen atoms in total. The van der Waals surface area contributed by atoms with Gasteiger partial charge in [-0.15, -0.1) is 0 Å². The average Bonchev–Trinajstić information content (AvgIpc) is 2.54. The number of hydrogen-bond donors (Lipinski definition) is 2. The minimum Gasteiger partial charge on any atom is -0.495 e. The second-order valence-corrected chi connectivity index (χ2v) is 8.47. The van der Waals surface area contributed by atoms with E-state index in [-0.39, 0.29) is 11.4 Å². The highest BCUT2D eigenvalue weighted by Crippen LogP contribution is 2.27. The van der Waals surface area contributed by atoms with Crippen molar-refractivity contribution in [1.82, 2.24) is 4.72 Å². The summed E-state index contributed by atoms with van der Waals surface area (Å²) in [5.41, 5.74) is 2.13. The number of rotatable bonds is 7. The van der Waals surface area contributed by atoms with Gasteiger partial charge in [0, 0.05) is 16.6 Å². The van der Waals surface area contributed by atoms with Gasteiger partial charge in [0.05, 0.1) is 21.2 Å². The number of nitrogens with one attached hydrogen (secondary N) is 2. The zero-order valence-electron chi connectivity index (χ0n) is 14.0. The van der Waals surface area contributed by atoms with E-state index in [1.807, 2.05) is 24.3 Å². The van der Waals surface area contributed by atoms with Crippen LogP contribution in [0.15, 0.2) is 51.8 Å². The fraction of sp³-hybridized carbons (Fsp3) is 0.294. The Morgan fingerprint density at radius 3 is 2.29 bits per heavy atom. The highest BCUT2D eigenvalue weighted by molar-refractivity contribution is 9.10. The monoisotopic (exact) mass is 413 g/mol. The number of sulfonamides is 1. The molecule has 0 saturated heterocycles. The van der Waals surface area contributed by atoms with Crippen molar-refractivity contribution in [2.45, 2.75) is 18.0 Å². The fourth-order valence-corrected chi connectivity index (χ4v) is 4.02. The lowest BCUT2D eigenvalue weighted by Crippen LogP contribution is -3.04. The minimum absolute atomic E-state index is 0.118. The Labute approximate surface area is 151 Å². The zero-order chi connectivity index (χ0) is 17.7. The van der Waals surface area contributed by atoms with Crippen LogP contribution >= 0.6 is 15.9 Å². The third-order valence-corrected chi connectivity index (χ3v) is 5.38. The van der Waals surface area contributed by atoms with Crippen molar-refractivity contribution in [3.63, 3.8) is 0 Å². The van der Waals surface area contributed by atoms with Gasteiger partial charge >= 0.3 is 0 Å². The lowest BCUT2D eigenvalue weighted by atomic mass is 10.1. The van der Waals surface area contributed by atoms with Crippen LogP contribution in [0.25, 0.3) is 0 Å². The average molecular weight is 414 g/mol. The molecule has 0 bridgehead atoms. The molecule has 7 heteroatoms. The lowest BCUT2D eigenvalue weighted by molar-refractivity contribution is -0.872. The van der Waals surface area contributed by atoms with E-state index in [2.05, 4.69) is 34.7 Å². The molecule has 0 aliphatic heterocycles. The van der Waals surface area contributed by atoms with Gasteiger partial charge in [-0.1, -0.05) is 40.2 Å². The maximum atomic E-state index is 12.5. The highest BCUT2D eigenvalue weighted by Gasteiger charge is 2.19. The van der Waals surface area contributed by atoms with Crippen LogP contribution in [-0.2, 0) is 23.1 Å². The molecule has 130 valence electrons. The Hall–Kier alpha value is -1.41. The molecule has 0 fully saturated rings. The summed E-state index contributed by atoms with van der Waals surface area (Å²) in [4.78, 5) is 1.46. The summed E-state index contributed by atoms with van der Waals surface area (Å²) >= 11 is 3.29. The number of methoxy groups -OCH3 is 1. The quantitative estimate of drug-likeness (QED) is 0.724. The highest BCUT2D eigenvalue weighted by atomic mass is 79.9. The van der Waals surface area contributed by atoms with Crippen LogP contribution in [0.1, 0.15) is 11.1 Å². The Balaban J connectivity index is 2.12. The molecule has 0 heterocycles. The topological polar surface area (TPSA) is 59.8 Å². The summed E-state index contributed by atoms with van der Waals surface area (Å²) in [5, 5.41) is 0. The van der Waals surface area contributed by atoms with E-state index in [0.717, 1.165) is 12.1 Å². The van der Waals surface area contributed by atoms with E-state index < -0.39 is 10.0 Å². The van der Waals surface area contributed by atoms with Gasteiger partial charge in [-0.25, -0.2) is 13.1 Å². The van der Waals surface area contributed by atoms with E-state index in [9.17, 15) is 8.42 Å². The lowest BCUT2D eigenvalue weighted by Gasteiger charge is -2.12. The van der Waals surface area contributed by atoms with Crippen LogP contribution in [0.3, 0.4) is 0 Å². The van der Waals surface area contributed by atoms with Crippen LogP contribution in [0.2, 0.25) is 0 Å². The molecule has 2 aromatic rings. The number of halogens is 1. The first-order valence-electron chi connectivity index (χ1n) is 7.52. The summed E-state index contributed by atoms with van der Waals surface area (Å²) in [7, 11) is 1.97. The van der Waals surface area contributed by atoms with Gasteiger partial charge < -0.3 is 9.64 Å². The summed E-state index contributed by atoms with van der Waals surface area (Å²) in [6.45, 7) is 1.16. The molecule has 2 aromatic carbocycles. The van der Waals surface area contributed by atoms with Crippen molar-refractivity contribution in [2.24, 2.45) is 0 Å². The van der Waals surface area contributed by atoms with Gasteiger partial charge in [0.15, 0.2) is 0 Å². The predicted molar refractivity (Wildman–Crippen MR) is 97.7 cm³/mol. The van der Waals surface area contributed by atoms with Gasteiger partial charge in [-0.05, 0) is 23.8 Å². The van der Waals surface area contributed by atoms with Crippen LogP contribution in [0, 0.1) is 0 Å². The van der Waals surface area contributed by atoms with E-state index in [1.54, 1.807) is 12.1 Å². The Morgan fingerprint density at radius 2 is 1.71 bits per heavy atom. The van der Waals surface area contributed by atoms with Crippen LogP contribution < -0.4 is 14.4 Å². The molecule has 0 aliphatic carbocycles. The second-order valence-electron chi connectivity index (χ2n) is 5.82.